The highest BCUT2D eigenvalue weighted by Gasteiger charge is 2.38. The Labute approximate surface area is 119 Å². The van der Waals surface area contributed by atoms with Crippen molar-refractivity contribution in [2.75, 3.05) is 22.6 Å². The predicted octanol–water partition coefficient (Wildman–Crippen LogP) is 2.17. The topological polar surface area (TPSA) is 62.5 Å². The molecule has 1 amide bonds. The van der Waals surface area contributed by atoms with Gasteiger partial charge in [0.15, 0.2) is 5.82 Å². The molecular weight excluding hydrogens is 252 g/mol. The average Bonchev–Trinajstić information content (AvgIpc) is 2.46. The molecule has 1 aromatic rings. The summed E-state index contributed by atoms with van der Waals surface area (Å²) in [5.74, 6) is 1.51. The second-order valence-corrected chi connectivity index (χ2v) is 5.85. The number of nitrogen functional groups attached to an aromatic ring is 1. The number of hydrogen-bond acceptors (Lipinski definition) is 4. The molecule has 2 aliphatic rings. The van der Waals surface area contributed by atoms with Gasteiger partial charge in [0.25, 0.3) is 0 Å². The van der Waals surface area contributed by atoms with Gasteiger partial charge in [-0.05, 0) is 31.9 Å². The highest BCUT2D eigenvalue weighted by Crippen LogP contribution is 2.38. The van der Waals surface area contributed by atoms with Crippen LogP contribution >= 0.6 is 0 Å². The number of likely N-dealkylation sites (N-methyl/N-ethyl adjacent to an activating group) is 1. The standard InChI is InChI=1S/C15H22N4O/c1-10-15(20)18(2)12-8-9-13(16)17-14(12)19(10)11-6-4-3-5-7-11/h8-11H,3-7H2,1-2H3,(H2,16,17)/t10-/m1/s1. The summed E-state index contributed by atoms with van der Waals surface area (Å²) < 4.78 is 0. The van der Waals surface area contributed by atoms with E-state index in [2.05, 4.69) is 9.88 Å². The van der Waals surface area contributed by atoms with Crippen LogP contribution in [0.25, 0.3) is 0 Å². The Hall–Kier alpha value is -1.78. The first-order chi connectivity index (χ1) is 9.59. The normalized spacial score (nSPS) is 23.9. The third-order valence-electron chi connectivity index (χ3n) is 4.56. The van der Waals surface area contributed by atoms with Crippen molar-refractivity contribution in [2.45, 2.75) is 51.1 Å². The van der Waals surface area contributed by atoms with E-state index in [-0.39, 0.29) is 11.9 Å². The van der Waals surface area contributed by atoms with Crippen molar-refractivity contribution in [3.63, 3.8) is 0 Å². The zero-order chi connectivity index (χ0) is 14.3. The third kappa shape index (κ3) is 2.01. The maximum atomic E-state index is 12.5. The number of nitrogens with two attached hydrogens (primary N) is 1. The number of aromatic nitrogens is 1. The van der Waals surface area contributed by atoms with Gasteiger partial charge < -0.3 is 15.5 Å². The van der Waals surface area contributed by atoms with Crippen molar-refractivity contribution < 1.29 is 4.79 Å². The van der Waals surface area contributed by atoms with Crippen LogP contribution in [0.4, 0.5) is 17.3 Å². The summed E-state index contributed by atoms with van der Waals surface area (Å²) in [7, 11) is 1.81. The molecule has 1 aromatic heterocycles. The third-order valence-corrected chi connectivity index (χ3v) is 4.56. The molecule has 1 atom stereocenters. The van der Waals surface area contributed by atoms with E-state index in [9.17, 15) is 4.79 Å². The van der Waals surface area contributed by atoms with Crippen molar-refractivity contribution in [1.82, 2.24) is 4.98 Å². The molecule has 0 radical (unpaired) electrons. The van der Waals surface area contributed by atoms with Crippen molar-refractivity contribution in [3.05, 3.63) is 12.1 Å². The van der Waals surface area contributed by atoms with Crippen molar-refractivity contribution >= 4 is 23.2 Å². The van der Waals surface area contributed by atoms with Crippen LogP contribution < -0.4 is 15.5 Å². The first-order valence-corrected chi connectivity index (χ1v) is 7.42. The summed E-state index contributed by atoms with van der Waals surface area (Å²) in [5, 5.41) is 0. The van der Waals surface area contributed by atoms with Crippen molar-refractivity contribution in [2.24, 2.45) is 0 Å². The number of nitrogens with zero attached hydrogens (tertiary/aromatic N) is 3. The van der Waals surface area contributed by atoms with Crippen molar-refractivity contribution in [1.29, 1.82) is 0 Å². The number of carbonyl (C=O) groups is 1. The monoisotopic (exact) mass is 274 g/mol. The fraction of sp³-hybridized carbons (Fsp3) is 0.600. The number of hydrogen-bond donors (Lipinski definition) is 1. The van der Waals surface area contributed by atoms with Gasteiger partial charge in [-0.15, -0.1) is 0 Å². The van der Waals surface area contributed by atoms with Crippen LogP contribution in [0.5, 0.6) is 0 Å². The summed E-state index contributed by atoms with van der Waals surface area (Å²) in [4.78, 5) is 20.9. The van der Waals surface area contributed by atoms with E-state index < -0.39 is 0 Å². The van der Waals surface area contributed by atoms with Crippen LogP contribution in [0.1, 0.15) is 39.0 Å². The maximum absolute atomic E-state index is 12.5. The lowest BCUT2D eigenvalue weighted by Crippen LogP contribution is -2.55. The van der Waals surface area contributed by atoms with Gasteiger partial charge in [-0.3, -0.25) is 4.79 Å². The van der Waals surface area contributed by atoms with Crippen LogP contribution in [0.15, 0.2) is 12.1 Å². The Morgan fingerprint density at radius 2 is 1.95 bits per heavy atom. The Balaban J connectivity index is 2.05. The van der Waals surface area contributed by atoms with Crippen LogP contribution in [-0.2, 0) is 4.79 Å². The predicted molar refractivity (Wildman–Crippen MR) is 80.9 cm³/mol. The van der Waals surface area contributed by atoms with Gasteiger partial charge in [-0.25, -0.2) is 4.98 Å². The molecule has 0 aromatic carbocycles. The molecule has 2 N–H and O–H groups in total. The molecule has 5 nitrogen and oxygen atoms in total. The van der Waals surface area contributed by atoms with E-state index in [1.807, 2.05) is 20.0 Å². The molecule has 3 rings (SSSR count). The molecule has 1 aliphatic heterocycles. The van der Waals surface area contributed by atoms with E-state index in [0.717, 1.165) is 24.3 Å². The molecule has 5 heteroatoms. The van der Waals surface area contributed by atoms with Crippen LogP contribution in [0, 0.1) is 0 Å². The molecule has 0 unspecified atom stereocenters. The quantitative estimate of drug-likeness (QED) is 0.852. The van der Waals surface area contributed by atoms with Gasteiger partial charge >= 0.3 is 0 Å². The number of pyridine rings is 1. The fourth-order valence-electron chi connectivity index (χ4n) is 3.46. The SMILES string of the molecule is C[C@@H]1C(=O)N(C)c2ccc(N)nc2N1C1CCCCC1. The minimum atomic E-state index is -0.162. The lowest BCUT2D eigenvalue weighted by molar-refractivity contribution is -0.119. The van der Waals surface area contributed by atoms with Crippen LogP contribution in [-0.4, -0.2) is 30.0 Å². The molecular formula is C15H22N4O. The zero-order valence-corrected chi connectivity index (χ0v) is 12.2. The summed E-state index contributed by atoms with van der Waals surface area (Å²) in [5.41, 5.74) is 6.73. The maximum Gasteiger partial charge on any atom is 0.249 e. The number of rotatable bonds is 1. The summed E-state index contributed by atoms with van der Waals surface area (Å²) in [6.45, 7) is 1.97. The number of amides is 1. The second-order valence-electron chi connectivity index (χ2n) is 5.85. The molecule has 2 heterocycles. The second kappa shape index (κ2) is 4.96. The number of anilines is 3. The number of carbonyl (C=O) groups excluding carboxylic acids is 1. The Kier molecular flexibility index (Phi) is 3.28. The van der Waals surface area contributed by atoms with E-state index in [1.165, 1.54) is 19.3 Å². The lowest BCUT2D eigenvalue weighted by atomic mass is 9.92. The lowest BCUT2D eigenvalue weighted by Gasteiger charge is -2.44. The molecule has 108 valence electrons. The van der Waals surface area contributed by atoms with Crippen molar-refractivity contribution in [3.8, 4) is 0 Å². The Morgan fingerprint density at radius 1 is 1.25 bits per heavy atom. The molecule has 1 fully saturated rings. The molecule has 0 saturated heterocycles. The van der Waals surface area contributed by atoms with Gasteiger partial charge in [0.05, 0.1) is 5.69 Å². The fourth-order valence-corrected chi connectivity index (χ4v) is 3.46. The van der Waals surface area contributed by atoms with Gasteiger partial charge in [-0.1, -0.05) is 19.3 Å². The van der Waals surface area contributed by atoms with E-state index >= 15 is 0 Å². The molecule has 0 spiro atoms. The summed E-state index contributed by atoms with van der Waals surface area (Å²) in [6, 6.07) is 3.91. The van der Waals surface area contributed by atoms with E-state index in [4.69, 9.17) is 5.73 Å². The van der Waals surface area contributed by atoms with E-state index in [1.54, 1.807) is 11.0 Å². The first-order valence-electron chi connectivity index (χ1n) is 7.42. The Morgan fingerprint density at radius 3 is 2.65 bits per heavy atom. The molecule has 0 bridgehead atoms. The van der Waals surface area contributed by atoms with Crippen LogP contribution in [0.3, 0.4) is 0 Å². The first kappa shape index (κ1) is 13.2. The number of fused-ring (bicyclic) bond motifs is 1. The summed E-state index contributed by atoms with van der Waals surface area (Å²) >= 11 is 0. The molecule has 1 aliphatic carbocycles. The minimum Gasteiger partial charge on any atom is -0.384 e. The molecule has 20 heavy (non-hydrogen) atoms. The van der Waals surface area contributed by atoms with Gasteiger partial charge in [0.2, 0.25) is 5.91 Å². The minimum absolute atomic E-state index is 0.134. The van der Waals surface area contributed by atoms with Crippen LogP contribution in [0.2, 0.25) is 0 Å². The molecule has 1 saturated carbocycles. The van der Waals surface area contributed by atoms with E-state index in [0.29, 0.717) is 11.9 Å². The zero-order valence-electron chi connectivity index (χ0n) is 12.2. The summed E-state index contributed by atoms with van der Waals surface area (Å²) in [6.07, 6.45) is 6.03. The Bertz CT molecular complexity index is 525. The smallest absolute Gasteiger partial charge is 0.249 e. The highest BCUT2D eigenvalue weighted by atomic mass is 16.2. The largest absolute Gasteiger partial charge is 0.384 e. The van der Waals surface area contributed by atoms with Gasteiger partial charge in [-0.2, -0.15) is 0 Å². The highest BCUT2D eigenvalue weighted by molar-refractivity contribution is 6.04. The van der Waals surface area contributed by atoms with Gasteiger partial charge in [0.1, 0.15) is 11.9 Å². The average molecular weight is 274 g/mol. The van der Waals surface area contributed by atoms with Gasteiger partial charge in [0, 0.05) is 13.1 Å².